The fourth-order valence-corrected chi connectivity index (χ4v) is 2.92. The van der Waals surface area contributed by atoms with Gasteiger partial charge in [0.15, 0.2) is 0 Å². The highest BCUT2D eigenvalue weighted by molar-refractivity contribution is 5.85. The Balaban J connectivity index is 1.75. The molecule has 116 valence electrons. The highest BCUT2D eigenvalue weighted by atomic mass is 16.5. The van der Waals surface area contributed by atoms with Gasteiger partial charge in [-0.1, -0.05) is 18.2 Å². The quantitative estimate of drug-likeness (QED) is 0.938. The number of hydrogen-bond donors (Lipinski definition) is 1. The molecule has 1 N–H and O–H groups in total. The van der Waals surface area contributed by atoms with Gasteiger partial charge in [-0.15, -0.1) is 0 Å². The van der Waals surface area contributed by atoms with Crippen LogP contribution in [0.15, 0.2) is 36.4 Å². The van der Waals surface area contributed by atoms with Crippen LogP contribution >= 0.6 is 0 Å². The second kappa shape index (κ2) is 6.26. The smallest absolute Gasteiger partial charge is 0.317 e. The Kier molecular flexibility index (Phi) is 4.18. The van der Waals surface area contributed by atoms with Gasteiger partial charge < -0.3 is 15.0 Å². The molecule has 2 amide bonds. The molecular weight excluding hydrogens is 276 g/mol. The van der Waals surface area contributed by atoms with Crippen molar-refractivity contribution in [3.8, 4) is 5.75 Å². The van der Waals surface area contributed by atoms with Crippen molar-refractivity contribution in [3.05, 3.63) is 42.0 Å². The molecule has 0 spiro atoms. The average Bonchev–Trinajstić information content (AvgIpc) is 3.08. The Morgan fingerprint density at radius 3 is 2.55 bits per heavy atom. The molecule has 1 aliphatic heterocycles. The number of amides is 2. The lowest BCUT2D eigenvalue weighted by Gasteiger charge is -2.21. The molecule has 0 unspecified atom stereocenters. The molecule has 1 heterocycles. The Morgan fingerprint density at radius 1 is 1.14 bits per heavy atom. The molecule has 0 saturated carbocycles. The summed E-state index contributed by atoms with van der Waals surface area (Å²) in [6.07, 6.45) is 2.22. The average molecular weight is 298 g/mol. The number of benzene rings is 2. The van der Waals surface area contributed by atoms with Crippen LogP contribution in [0.25, 0.3) is 10.8 Å². The third kappa shape index (κ3) is 3.01. The van der Waals surface area contributed by atoms with Crippen LogP contribution < -0.4 is 10.1 Å². The number of likely N-dealkylation sites (tertiary alicyclic amines) is 1. The maximum atomic E-state index is 12.2. The van der Waals surface area contributed by atoms with Gasteiger partial charge in [-0.25, -0.2) is 4.79 Å². The molecular formula is C18H22N2O2. The SMILES string of the molecule is COc1ccc2cc([C@@H](C)NC(=O)N3CCCC3)ccc2c1. The molecule has 0 aromatic heterocycles. The Hall–Kier alpha value is -2.23. The highest BCUT2D eigenvalue weighted by Crippen LogP contribution is 2.24. The van der Waals surface area contributed by atoms with Crippen LogP contribution in [0.2, 0.25) is 0 Å². The maximum Gasteiger partial charge on any atom is 0.317 e. The minimum atomic E-state index is -0.000369. The maximum absolute atomic E-state index is 12.2. The number of hydrogen-bond acceptors (Lipinski definition) is 2. The number of ether oxygens (including phenoxy) is 1. The van der Waals surface area contributed by atoms with Gasteiger partial charge in [0.2, 0.25) is 0 Å². The predicted molar refractivity (Wildman–Crippen MR) is 88.3 cm³/mol. The van der Waals surface area contributed by atoms with Gasteiger partial charge in [-0.3, -0.25) is 0 Å². The second-order valence-electron chi connectivity index (χ2n) is 5.84. The van der Waals surface area contributed by atoms with Crippen LogP contribution in [0.1, 0.15) is 31.4 Å². The van der Waals surface area contributed by atoms with E-state index in [0.29, 0.717) is 0 Å². The van der Waals surface area contributed by atoms with E-state index in [4.69, 9.17) is 4.74 Å². The van der Waals surface area contributed by atoms with Crippen LogP contribution in [-0.4, -0.2) is 31.1 Å². The summed E-state index contributed by atoms with van der Waals surface area (Å²) in [4.78, 5) is 14.1. The number of carbonyl (C=O) groups is 1. The zero-order chi connectivity index (χ0) is 15.5. The first-order valence-corrected chi connectivity index (χ1v) is 7.80. The van der Waals surface area contributed by atoms with E-state index in [2.05, 4.69) is 23.5 Å². The molecule has 4 heteroatoms. The second-order valence-corrected chi connectivity index (χ2v) is 5.84. The fraction of sp³-hybridized carbons (Fsp3) is 0.389. The number of carbonyl (C=O) groups excluding carboxylic acids is 1. The summed E-state index contributed by atoms with van der Waals surface area (Å²) in [5, 5.41) is 5.38. The van der Waals surface area contributed by atoms with E-state index in [9.17, 15) is 4.79 Å². The van der Waals surface area contributed by atoms with Crippen molar-refractivity contribution in [1.29, 1.82) is 0 Å². The lowest BCUT2D eigenvalue weighted by atomic mass is 10.0. The molecule has 3 rings (SSSR count). The Bertz CT molecular complexity index is 678. The van der Waals surface area contributed by atoms with E-state index < -0.39 is 0 Å². The number of methoxy groups -OCH3 is 1. The van der Waals surface area contributed by atoms with Crippen LogP contribution in [0.5, 0.6) is 5.75 Å². The van der Waals surface area contributed by atoms with Crippen LogP contribution in [-0.2, 0) is 0 Å². The summed E-state index contributed by atoms with van der Waals surface area (Å²) < 4.78 is 5.25. The van der Waals surface area contributed by atoms with Gasteiger partial charge in [-0.2, -0.15) is 0 Å². The molecule has 0 radical (unpaired) electrons. The standard InChI is InChI=1S/C18H22N2O2/c1-13(19-18(21)20-9-3-4-10-20)14-5-6-16-12-17(22-2)8-7-15(16)11-14/h5-8,11-13H,3-4,9-10H2,1-2H3,(H,19,21)/t13-/m1/s1. The third-order valence-electron chi connectivity index (χ3n) is 4.30. The first-order valence-electron chi connectivity index (χ1n) is 7.80. The molecule has 0 aliphatic carbocycles. The molecule has 1 atom stereocenters. The van der Waals surface area contributed by atoms with Gasteiger partial charge in [0.1, 0.15) is 5.75 Å². The normalized spacial score (nSPS) is 15.8. The van der Waals surface area contributed by atoms with Crippen LogP contribution in [0.4, 0.5) is 4.79 Å². The molecule has 2 aromatic carbocycles. The summed E-state index contributed by atoms with van der Waals surface area (Å²) in [7, 11) is 1.67. The van der Waals surface area contributed by atoms with Crippen LogP contribution in [0, 0.1) is 0 Å². The van der Waals surface area contributed by atoms with Crippen molar-refractivity contribution in [2.75, 3.05) is 20.2 Å². The number of nitrogens with zero attached hydrogens (tertiary/aromatic N) is 1. The van der Waals surface area contributed by atoms with Crippen molar-refractivity contribution >= 4 is 16.8 Å². The van der Waals surface area contributed by atoms with E-state index in [-0.39, 0.29) is 12.1 Å². The fourth-order valence-electron chi connectivity index (χ4n) is 2.92. The van der Waals surface area contributed by atoms with Gasteiger partial charge in [0, 0.05) is 13.1 Å². The topological polar surface area (TPSA) is 41.6 Å². The summed E-state index contributed by atoms with van der Waals surface area (Å²) in [5.74, 6) is 0.857. The number of rotatable bonds is 3. The van der Waals surface area contributed by atoms with E-state index in [1.54, 1.807) is 7.11 Å². The van der Waals surface area contributed by atoms with Crippen molar-refractivity contribution < 1.29 is 9.53 Å². The van der Waals surface area contributed by atoms with Crippen LogP contribution in [0.3, 0.4) is 0 Å². The molecule has 0 bridgehead atoms. The highest BCUT2D eigenvalue weighted by Gasteiger charge is 2.19. The van der Waals surface area contributed by atoms with Crippen molar-refractivity contribution in [1.82, 2.24) is 10.2 Å². The van der Waals surface area contributed by atoms with Crippen molar-refractivity contribution in [3.63, 3.8) is 0 Å². The summed E-state index contributed by atoms with van der Waals surface area (Å²) in [6.45, 7) is 3.77. The summed E-state index contributed by atoms with van der Waals surface area (Å²) >= 11 is 0. The van der Waals surface area contributed by atoms with Crippen molar-refractivity contribution in [2.45, 2.75) is 25.8 Å². The third-order valence-corrected chi connectivity index (χ3v) is 4.30. The molecule has 22 heavy (non-hydrogen) atoms. The summed E-state index contributed by atoms with van der Waals surface area (Å²) in [5.41, 5.74) is 1.12. The Labute approximate surface area is 131 Å². The van der Waals surface area contributed by atoms with E-state index in [0.717, 1.165) is 48.0 Å². The molecule has 1 aliphatic rings. The zero-order valence-electron chi connectivity index (χ0n) is 13.1. The minimum Gasteiger partial charge on any atom is -0.497 e. The van der Waals surface area contributed by atoms with Crippen molar-refractivity contribution in [2.24, 2.45) is 0 Å². The van der Waals surface area contributed by atoms with Gasteiger partial charge in [-0.05, 0) is 54.3 Å². The van der Waals surface area contributed by atoms with E-state index in [1.807, 2.05) is 30.0 Å². The van der Waals surface area contributed by atoms with E-state index >= 15 is 0 Å². The molecule has 1 saturated heterocycles. The molecule has 1 fully saturated rings. The summed E-state index contributed by atoms with van der Waals surface area (Å²) in [6, 6.07) is 12.3. The lowest BCUT2D eigenvalue weighted by Crippen LogP contribution is -2.39. The first kappa shape index (κ1) is 14.7. The molecule has 4 nitrogen and oxygen atoms in total. The van der Waals surface area contributed by atoms with Gasteiger partial charge in [0.25, 0.3) is 0 Å². The molecule has 2 aromatic rings. The Morgan fingerprint density at radius 2 is 1.82 bits per heavy atom. The largest absolute Gasteiger partial charge is 0.497 e. The lowest BCUT2D eigenvalue weighted by molar-refractivity contribution is 0.205. The number of urea groups is 1. The number of fused-ring (bicyclic) bond motifs is 1. The minimum absolute atomic E-state index is 0.000369. The zero-order valence-corrected chi connectivity index (χ0v) is 13.1. The number of nitrogens with one attached hydrogen (secondary N) is 1. The first-order chi connectivity index (χ1) is 10.7. The van der Waals surface area contributed by atoms with Gasteiger partial charge >= 0.3 is 6.03 Å². The van der Waals surface area contributed by atoms with E-state index in [1.165, 1.54) is 0 Å². The predicted octanol–water partition coefficient (Wildman–Crippen LogP) is 3.71. The van der Waals surface area contributed by atoms with Gasteiger partial charge in [0.05, 0.1) is 13.2 Å². The monoisotopic (exact) mass is 298 g/mol.